The number of imide groups is 1. The summed E-state index contributed by atoms with van der Waals surface area (Å²) < 4.78 is 24.1. The largest absolute Gasteiger partial charge is 0.491 e. The summed E-state index contributed by atoms with van der Waals surface area (Å²) in [7, 11) is 3.46. The highest BCUT2D eigenvalue weighted by molar-refractivity contribution is 6.23. The lowest BCUT2D eigenvalue weighted by atomic mass is 9.64. The zero-order valence-corrected chi connectivity index (χ0v) is 41.2. The number of ether oxygens (including phenoxy) is 4. The summed E-state index contributed by atoms with van der Waals surface area (Å²) in [6, 6.07) is 39.7. The first-order valence-corrected chi connectivity index (χ1v) is 24.8. The number of cyclic esters (lactones) is 1. The Balaban J connectivity index is 1.22. The van der Waals surface area contributed by atoms with Gasteiger partial charge in [0.2, 0.25) is 17.8 Å². The van der Waals surface area contributed by atoms with Crippen LogP contribution in [0, 0.1) is 17.8 Å². The number of rotatable bonds is 14. The lowest BCUT2D eigenvalue weighted by molar-refractivity contribution is -0.179. The number of piperazine rings is 1. The third-order valence-electron chi connectivity index (χ3n) is 14.3. The van der Waals surface area contributed by atoms with Crippen LogP contribution in [0.5, 0.6) is 5.75 Å². The van der Waals surface area contributed by atoms with Crippen molar-refractivity contribution in [2.24, 2.45) is 5.92 Å². The van der Waals surface area contributed by atoms with Crippen molar-refractivity contribution in [2.75, 3.05) is 83.1 Å². The normalized spacial score (nSPS) is 22.2. The first kappa shape index (κ1) is 49.6. The van der Waals surface area contributed by atoms with Crippen molar-refractivity contribution in [3.8, 4) is 17.6 Å². The van der Waals surface area contributed by atoms with Gasteiger partial charge >= 0.3 is 12.1 Å². The number of hydrogen-bond donors (Lipinski definition) is 1. The van der Waals surface area contributed by atoms with Gasteiger partial charge in [0.05, 0.1) is 43.4 Å². The molecular weight excluding hydrogens is 939 g/mol. The number of nitrogens with zero attached hydrogens (tertiary/aromatic N) is 7. The van der Waals surface area contributed by atoms with Crippen LogP contribution in [0.15, 0.2) is 152 Å². The summed E-state index contributed by atoms with van der Waals surface area (Å²) in [5.41, 5.74) is 1.94. The predicted octanol–water partition coefficient (Wildman–Crippen LogP) is 6.13. The van der Waals surface area contributed by atoms with Crippen LogP contribution in [0.1, 0.15) is 51.6 Å². The number of hydrogen-bond acceptors (Lipinski definition) is 14. The third-order valence-corrected chi connectivity index (χ3v) is 14.3. The van der Waals surface area contributed by atoms with Crippen molar-refractivity contribution in [3.63, 3.8) is 0 Å². The van der Waals surface area contributed by atoms with Crippen molar-refractivity contribution in [1.82, 2.24) is 24.7 Å². The molecule has 4 aliphatic heterocycles. The molecule has 5 heterocycles. The van der Waals surface area contributed by atoms with Crippen molar-refractivity contribution in [1.29, 1.82) is 0 Å². The number of methoxy groups -OCH3 is 1. The minimum Gasteiger partial charge on any atom is -0.491 e. The van der Waals surface area contributed by atoms with Crippen LogP contribution in [0.2, 0.25) is 0 Å². The van der Waals surface area contributed by atoms with Crippen molar-refractivity contribution >= 4 is 35.5 Å². The monoisotopic (exact) mass is 995 g/mol. The molecule has 3 fully saturated rings. The zero-order chi connectivity index (χ0) is 51.2. The quantitative estimate of drug-likeness (QED) is 0.0753. The van der Waals surface area contributed by atoms with Gasteiger partial charge in [-0.1, -0.05) is 121 Å². The van der Waals surface area contributed by atoms with Crippen LogP contribution in [0.4, 0.5) is 16.4 Å². The Hall–Kier alpha value is -7.94. The maximum absolute atomic E-state index is 16.7. The van der Waals surface area contributed by atoms with Gasteiger partial charge in [0.15, 0.2) is 0 Å². The Bertz CT molecular complexity index is 3020. The first-order valence-electron chi connectivity index (χ1n) is 24.8. The number of benzene rings is 5. The van der Waals surface area contributed by atoms with E-state index < -0.39 is 59.4 Å². The number of aliphatic hydroxyl groups is 1. The van der Waals surface area contributed by atoms with E-state index >= 15 is 14.4 Å². The van der Waals surface area contributed by atoms with E-state index in [1.165, 1.54) is 7.11 Å². The summed E-state index contributed by atoms with van der Waals surface area (Å²) in [6.45, 7) is 1.64. The van der Waals surface area contributed by atoms with E-state index in [4.69, 9.17) is 18.9 Å². The van der Waals surface area contributed by atoms with Gasteiger partial charge in [-0.2, -0.15) is 0 Å². The number of anilines is 2. The lowest BCUT2D eigenvalue weighted by Crippen LogP contribution is -2.59. The molecule has 1 spiro atoms. The Kier molecular flexibility index (Phi) is 14.8. The molecule has 1 aromatic heterocycles. The Morgan fingerprint density at radius 2 is 1.47 bits per heavy atom. The number of morpholine rings is 1. The second-order valence-corrected chi connectivity index (χ2v) is 18.7. The molecule has 3 saturated heterocycles. The summed E-state index contributed by atoms with van der Waals surface area (Å²) in [5, 5.41) is 10.2. The van der Waals surface area contributed by atoms with Gasteiger partial charge in [-0.15, -0.1) is 0 Å². The zero-order valence-electron chi connectivity index (χ0n) is 41.2. The van der Waals surface area contributed by atoms with Crippen molar-refractivity contribution in [2.45, 2.75) is 36.2 Å². The molecular formula is C58H57N7O9. The number of fused-ring (bicyclic) bond motifs is 3. The predicted molar refractivity (Wildman–Crippen MR) is 275 cm³/mol. The van der Waals surface area contributed by atoms with E-state index in [9.17, 15) is 9.90 Å². The van der Waals surface area contributed by atoms with E-state index in [1.807, 2.05) is 108 Å². The molecule has 0 radical (unpaired) electrons. The molecule has 0 aliphatic carbocycles. The Morgan fingerprint density at radius 3 is 2.18 bits per heavy atom. The molecule has 6 aromatic rings. The van der Waals surface area contributed by atoms with E-state index in [-0.39, 0.29) is 45.2 Å². The fourth-order valence-electron chi connectivity index (χ4n) is 11.2. The molecule has 16 heteroatoms. The maximum atomic E-state index is 16.7. The van der Waals surface area contributed by atoms with Crippen molar-refractivity contribution < 1.29 is 43.2 Å². The summed E-state index contributed by atoms with van der Waals surface area (Å²) >= 11 is 0. The number of amides is 3. The van der Waals surface area contributed by atoms with Crippen LogP contribution in [0.3, 0.4) is 0 Å². The second-order valence-electron chi connectivity index (χ2n) is 18.7. The molecule has 3 amide bonds. The third kappa shape index (κ3) is 9.35. The fraction of sp³-hybridized carbons (Fsp3) is 0.310. The Morgan fingerprint density at radius 1 is 0.797 bits per heavy atom. The molecule has 6 atom stereocenters. The average Bonchev–Trinajstić information content (AvgIpc) is 3.89. The fourth-order valence-corrected chi connectivity index (χ4v) is 11.2. The van der Waals surface area contributed by atoms with Gasteiger partial charge in [-0.05, 0) is 59.6 Å². The molecule has 378 valence electrons. The smallest absolute Gasteiger partial charge is 0.421 e. The topological polar surface area (TPSA) is 167 Å². The highest BCUT2D eigenvalue weighted by atomic mass is 16.6. The molecule has 4 aliphatic rings. The average molecular weight is 996 g/mol. The van der Waals surface area contributed by atoms with Gasteiger partial charge < -0.3 is 33.9 Å². The summed E-state index contributed by atoms with van der Waals surface area (Å²) in [6.07, 6.45) is 1.41. The highest BCUT2D eigenvalue weighted by Gasteiger charge is 2.76. The molecule has 74 heavy (non-hydrogen) atoms. The first-order chi connectivity index (χ1) is 36.2. The van der Waals surface area contributed by atoms with E-state index in [0.717, 1.165) is 16.0 Å². The van der Waals surface area contributed by atoms with Gasteiger partial charge in [0.1, 0.15) is 36.5 Å². The van der Waals surface area contributed by atoms with Gasteiger partial charge in [0, 0.05) is 63.4 Å². The van der Waals surface area contributed by atoms with Gasteiger partial charge in [0.25, 0.3) is 0 Å². The second kappa shape index (κ2) is 22.0. The maximum Gasteiger partial charge on any atom is 0.421 e. The SMILES string of the molecule is COCCOC(=O)N1C(=O)[C@@]2(c3cc(C#CCN(C)Cc4ccccc4)ccc31)[C@H](C(=O)N1CCN(c3ncccn3)CC1)[C@H]1C(=O)O[C@H](c3ccccc3)[C@H](c3ccccc3)N1[C@@H]2c1ccccc1OCCO. The lowest BCUT2D eigenvalue weighted by Gasteiger charge is -2.46. The highest BCUT2D eigenvalue weighted by Crippen LogP contribution is 2.67. The van der Waals surface area contributed by atoms with Crippen LogP contribution in [-0.2, 0) is 40.6 Å². The minimum atomic E-state index is -2.07. The van der Waals surface area contributed by atoms with Crippen LogP contribution in [0.25, 0.3) is 0 Å². The number of esters is 1. The molecule has 10 rings (SSSR count). The van der Waals surface area contributed by atoms with Gasteiger partial charge in [-0.25, -0.2) is 19.7 Å². The minimum absolute atomic E-state index is 0.0552. The Labute approximate surface area is 430 Å². The standard InChI is InChI=1S/C58H57N7O9/c1-61(39-41-16-6-3-7-17-41)29-14-18-40-25-26-46-45(38-40)58(55(69)64(46)57(70)73-37-36-71-2)48(53(67)62-30-32-63(33-31-62)56-59-27-15-28-60-56)50-54(68)74-51(43-21-10-5-11-22-43)49(42-19-8-4-9-20-42)65(50)52(58)44-23-12-13-24-47(44)72-35-34-66/h3-13,15-17,19-28,38,48-52,66H,29-37,39H2,1-2H3/t48-,49-,50-,51+,52+,58-/m0/s1. The number of para-hydroxylation sites is 1. The van der Waals surface area contributed by atoms with E-state index in [2.05, 4.69) is 38.8 Å². The van der Waals surface area contributed by atoms with E-state index in [0.29, 0.717) is 60.1 Å². The summed E-state index contributed by atoms with van der Waals surface area (Å²) in [4.78, 5) is 81.2. The van der Waals surface area contributed by atoms with Crippen LogP contribution >= 0.6 is 0 Å². The molecule has 0 saturated carbocycles. The van der Waals surface area contributed by atoms with Crippen LogP contribution < -0.4 is 14.5 Å². The number of aliphatic hydroxyl groups excluding tert-OH is 1. The van der Waals surface area contributed by atoms with Crippen LogP contribution in [-0.4, -0.2) is 133 Å². The molecule has 1 N–H and O–H groups in total. The molecule has 0 unspecified atom stereocenters. The summed E-state index contributed by atoms with van der Waals surface area (Å²) in [5.74, 6) is 3.97. The molecule has 16 nitrogen and oxygen atoms in total. The number of carbonyl (C=O) groups excluding carboxylic acids is 4. The number of aromatic nitrogens is 2. The molecule has 5 aromatic carbocycles. The van der Waals surface area contributed by atoms with Crippen molar-refractivity contribution in [3.05, 3.63) is 185 Å². The molecule has 0 bridgehead atoms. The van der Waals surface area contributed by atoms with Gasteiger partial charge in [-0.3, -0.25) is 24.2 Å². The van der Waals surface area contributed by atoms with E-state index in [1.54, 1.807) is 53.7 Å². The number of carbonyl (C=O) groups is 4.